The van der Waals surface area contributed by atoms with Gasteiger partial charge in [-0.25, -0.2) is 4.98 Å². The molecule has 0 spiro atoms. The number of aromatic nitrogens is 2. The fourth-order valence-electron chi connectivity index (χ4n) is 3.10. The number of pyridine rings is 1. The maximum Gasteiger partial charge on any atom is 0.251 e. The van der Waals surface area contributed by atoms with Gasteiger partial charge in [0.15, 0.2) is 0 Å². The molecule has 0 radical (unpaired) electrons. The van der Waals surface area contributed by atoms with E-state index in [0.717, 1.165) is 26.6 Å². The van der Waals surface area contributed by atoms with Crippen LogP contribution < -0.4 is 10.6 Å². The van der Waals surface area contributed by atoms with E-state index in [1.807, 2.05) is 65.3 Å². The SMILES string of the molecule is O=C(CCNC(=O)c1ccc2ccccc2c1)NCc1cn2cc(Br)ccc2n1. The number of rotatable bonds is 6. The number of hydrogen-bond donors (Lipinski definition) is 2. The van der Waals surface area contributed by atoms with Crippen LogP contribution >= 0.6 is 15.9 Å². The van der Waals surface area contributed by atoms with Gasteiger partial charge in [0.2, 0.25) is 5.91 Å². The first kappa shape index (κ1) is 19.1. The Morgan fingerprint density at radius 2 is 1.79 bits per heavy atom. The number of amides is 2. The van der Waals surface area contributed by atoms with Gasteiger partial charge < -0.3 is 15.0 Å². The van der Waals surface area contributed by atoms with Crippen LogP contribution in [0.25, 0.3) is 16.4 Å². The summed E-state index contributed by atoms with van der Waals surface area (Å²) in [4.78, 5) is 28.8. The second-order valence-electron chi connectivity index (χ2n) is 6.69. The van der Waals surface area contributed by atoms with Crippen LogP contribution in [0.1, 0.15) is 22.5 Å². The minimum atomic E-state index is -0.186. The van der Waals surface area contributed by atoms with Crippen molar-refractivity contribution in [2.75, 3.05) is 6.54 Å². The predicted octanol–water partition coefficient (Wildman–Crippen LogP) is 3.69. The zero-order chi connectivity index (χ0) is 20.2. The van der Waals surface area contributed by atoms with E-state index in [1.54, 1.807) is 6.07 Å². The number of imidazole rings is 1. The average Bonchev–Trinajstić information content (AvgIpc) is 3.13. The highest BCUT2D eigenvalue weighted by Gasteiger charge is 2.08. The molecule has 2 heterocycles. The number of nitrogens with one attached hydrogen (secondary N) is 2. The molecule has 0 fully saturated rings. The highest BCUT2D eigenvalue weighted by molar-refractivity contribution is 9.10. The van der Waals surface area contributed by atoms with Gasteiger partial charge in [-0.2, -0.15) is 0 Å². The molecule has 0 saturated carbocycles. The third-order valence-corrected chi connectivity index (χ3v) is 5.05. The quantitative estimate of drug-likeness (QED) is 0.470. The van der Waals surface area contributed by atoms with E-state index in [1.165, 1.54) is 0 Å². The summed E-state index contributed by atoms with van der Waals surface area (Å²) >= 11 is 3.42. The number of carbonyl (C=O) groups is 2. The van der Waals surface area contributed by atoms with Crippen molar-refractivity contribution in [3.05, 3.63) is 82.7 Å². The van der Waals surface area contributed by atoms with Crippen molar-refractivity contribution in [2.45, 2.75) is 13.0 Å². The average molecular weight is 451 g/mol. The van der Waals surface area contributed by atoms with Crippen LogP contribution in [0.4, 0.5) is 0 Å². The third-order valence-electron chi connectivity index (χ3n) is 4.58. The van der Waals surface area contributed by atoms with Gasteiger partial charge in [-0.15, -0.1) is 0 Å². The summed E-state index contributed by atoms with van der Waals surface area (Å²) < 4.78 is 2.86. The third kappa shape index (κ3) is 4.63. The number of halogens is 1. The van der Waals surface area contributed by atoms with E-state index >= 15 is 0 Å². The van der Waals surface area contributed by atoms with Gasteiger partial charge in [-0.1, -0.05) is 30.3 Å². The standard InChI is InChI=1S/C22H19BrN4O2/c23-18-7-8-20-26-19(14-27(20)13-18)12-25-21(28)9-10-24-22(29)17-6-5-15-3-1-2-4-16(15)11-17/h1-8,11,13-14H,9-10,12H2,(H,24,29)(H,25,28). The lowest BCUT2D eigenvalue weighted by atomic mass is 10.1. The van der Waals surface area contributed by atoms with E-state index < -0.39 is 0 Å². The summed E-state index contributed by atoms with van der Waals surface area (Å²) in [6, 6.07) is 17.3. The van der Waals surface area contributed by atoms with Crippen molar-refractivity contribution >= 4 is 44.2 Å². The number of fused-ring (bicyclic) bond motifs is 2. The molecule has 2 aromatic carbocycles. The Morgan fingerprint density at radius 1 is 0.966 bits per heavy atom. The van der Waals surface area contributed by atoms with Crippen LogP contribution in [0.2, 0.25) is 0 Å². The van der Waals surface area contributed by atoms with Gasteiger partial charge in [-0.05, 0) is 51.0 Å². The molecule has 0 bridgehead atoms. The lowest BCUT2D eigenvalue weighted by molar-refractivity contribution is -0.121. The highest BCUT2D eigenvalue weighted by atomic mass is 79.9. The fraction of sp³-hybridized carbons (Fsp3) is 0.136. The number of benzene rings is 2. The van der Waals surface area contributed by atoms with Gasteiger partial charge in [0.1, 0.15) is 5.65 Å². The molecule has 0 unspecified atom stereocenters. The first-order valence-electron chi connectivity index (χ1n) is 9.25. The molecule has 29 heavy (non-hydrogen) atoms. The van der Waals surface area contributed by atoms with Crippen molar-refractivity contribution < 1.29 is 9.59 Å². The molecule has 6 nitrogen and oxygen atoms in total. The Balaban J connectivity index is 1.26. The van der Waals surface area contributed by atoms with Gasteiger partial charge in [-0.3, -0.25) is 9.59 Å². The topological polar surface area (TPSA) is 75.5 Å². The Morgan fingerprint density at radius 3 is 2.66 bits per heavy atom. The Labute approximate surface area is 176 Å². The summed E-state index contributed by atoms with van der Waals surface area (Å²) in [7, 11) is 0. The lowest BCUT2D eigenvalue weighted by Crippen LogP contribution is -2.30. The molecule has 2 aromatic heterocycles. The van der Waals surface area contributed by atoms with Crippen molar-refractivity contribution in [1.29, 1.82) is 0 Å². The Hall–Kier alpha value is -3.19. The zero-order valence-electron chi connectivity index (χ0n) is 15.6. The van der Waals surface area contributed by atoms with Crippen molar-refractivity contribution in [2.24, 2.45) is 0 Å². The summed E-state index contributed by atoms with van der Waals surface area (Å²) in [6.07, 6.45) is 4.00. The van der Waals surface area contributed by atoms with E-state index in [9.17, 15) is 9.59 Å². The molecule has 0 atom stereocenters. The van der Waals surface area contributed by atoms with E-state index in [2.05, 4.69) is 31.5 Å². The summed E-state index contributed by atoms with van der Waals surface area (Å²) in [5, 5.41) is 7.73. The minimum Gasteiger partial charge on any atom is -0.352 e. The lowest BCUT2D eigenvalue weighted by Gasteiger charge is -2.07. The monoisotopic (exact) mass is 450 g/mol. The van der Waals surface area contributed by atoms with Crippen LogP contribution in [0.3, 0.4) is 0 Å². The molecule has 0 aliphatic rings. The number of carbonyl (C=O) groups excluding carboxylic acids is 2. The molecule has 4 rings (SSSR count). The molecule has 0 aliphatic carbocycles. The van der Waals surface area contributed by atoms with Crippen LogP contribution in [-0.4, -0.2) is 27.7 Å². The zero-order valence-corrected chi connectivity index (χ0v) is 17.1. The molecular formula is C22H19BrN4O2. The molecule has 146 valence electrons. The molecule has 0 aliphatic heterocycles. The van der Waals surface area contributed by atoms with Crippen LogP contribution in [0.15, 0.2) is 71.5 Å². The van der Waals surface area contributed by atoms with E-state index in [4.69, 9.17) is 0 Å². The highest BCUT2D eigenvalue weighted by Crippen LogP contribution is 2.15. The van der Waals surface area contributed by atoms with Gasteiger partial charge in [0.05, 0.1) is 12.2 Å². The molecule has 2 amide bonds. The number of hydrogen-bond acceptors (Lipinski definition) is 3. The smallest absolute Gasteiger partial charge is 0.251 e. The molecular weight excluding hydrogens is 432 g/mol. The van der Waals surface area contributed by atoms with Gasteiger partial charge in [0.25, 0.3) is 5.91 Å². The van der Waals surface area contributed by atoms with Crippen LogP contribution in [0, 0.1) is 0 Å². The predicted molar refractivity (Wildman–Crippen MR) is 116 cm³/mol. The fourth-order valence-corrected chi connectivity index (χ4v) is 3.45. The maximum absolute atomic E-state index is 12.3. The second kappa shape index (κ2) is 8.45. The normalized spacial score (nSPS) is 10.9. The maximum atomic E-state index is 12.3. The Kier molecular flexibility index (Phi) is 5.57. The first-order valence-corrected chi connectivity index (χ1v) is 10.0. The minimum absolute atomic E-state index is 0.137. The summed E-state index contributed by atoms with van der Waals surface area (Å²) in [6.45, 7) is 0.617. The summed E-state index contributed by atoms with van der Waals surface area (Å²) in [5.74, 6) is -0.323. The summed E-state index contributed by atoms with van der Waals surface area (Å²) in [5.41, 5.74) is 2.18. The van der Waals surface area contributed by atoms with Crippen molar-refractivity contribution in [1.82, 2.24) is 20.0 Å². The molecule has 0 saturated heterocycles. The molecule has 2 N–H and O–H groups in total. The van der Waals surface area contributed by atoms with Crippen LogP contribution in [-0.2, 0) is 11.3 Å². The van der Waals surface area contributed by atoms with Crippen molar-refractivity contribution in [3.63, 3.8) is 0 Å². The van der Waals surface area contributed by atoms with Crippen LogP contribution in [0.5, 0.6) is 0 Å². The van der Waals surface area contributed by atoms with E-state index in [-0.39, 0.29) is 24.8 Å². The number of nitrogens with zero attached hydrogens (tertiary/aromatic N) is 2. The largest absolute Gasteiger partial charge is 0.352 e. The second-order valence-corrected chi connectivity index (χ2v) is 7.61. The van der Waals surface area contributed by atoms with Gasteiger partial charge >= 0.3 is 0 Å². The Bertz CT molecular complexity index is 1200. The molecule has 7 heteroatoms. The first-order chi connectivity index (χ1) is 14.1. The van der Waals surface area contributed by atoms with E-state index in [0.29, 0.717) is 12.1 Å². The van der Waals surface area contributed by atoms with Gasteiger partial charge in [0, 0.05) is 35.4 Å². The van der Waals surface area contributed by atoms with Crippen molar-refractivity contribution in [3.8, 4) is 0 Å². The molecule has 4 aromatic rings.